The van der Waals surface area contributed by atoms with Gasteiger partial charge in [0.1, 0.15) is 0 Å². The molecule has 15 heavy (non-hydrogen) atoms. The zero-order valence-corrected chi connectivity index (χ0v) is 9.87. The highest BCUT2D eigenvalue weighted by atomic mass is 16.5. The Morgan fingerprint density at radius 2 is 2.07 bits per heavy atom. The van der Waals surface area contributed by atoms with Gasteiger partial charge in [0.05, 0.1) is 12.7 Å². The average Bonchev–Trinajstić information content (AvgIpc) is 2.77. The summed E-state index contributed by atoms with van der Waals surface area (Å²) in [6.07, 6.45) is 8.21. The van der Waals surface area contributed by atoms with E-state index >= 15 is 0 Å². The summed E-state index contributed by atoms with van der Waals surface area (Å²) in [6.45, 7) is 2.89. The average molecular weight is 215 g/mol. The zero-order valence-electron chi connectivity index (χ0n) is 9.87. The van der Waals surface area contributed by atoms with Gasteiger partial charge in [0, 0.05) is 12.1 Å². The zero-order chi connectivity index (χ0) is 11.1. The van der Waals surface area contributed by atoms with Crippen molar-refractivity contribution in [2.24, 2.45) is 5.73 Å². The first-order valence-corrected chi connectivity index (χ1v) is 6.21. The van der Waals surface area contributed by atoms with Crippen molar-refractivity contribution >= 4 is 0 Å². The third-order valence-corrected chi connectivity index (χ3v) is 3.49. The third-order valence-electron chi connectivity index (χ3n) is 3.49. The molecule has 90 valence electrons. The highest BCUT2D eigenvalue weighted by Gasteiger charge is 2.21. The molecule has 1 aliphatic rings. The van der Waals surface area contributed by atoms with Gasteiger partial charge < -0.3 is 15.6 Å². The first kappa shape index (κ1) is 12.9. The number of hydrogen-bond acceptors (Lipinski definition) is 3. The maximum atomic E-state index is 9.13. The van der Waals surface area contributed by atoms with Crippen molar-refractivity contribution in [1.82, 2.24) is 0 Å². The molecule has 3 N–H and O–H groups in total. The van der Waals surface area contributed by atoms with Gasteiger partial charge in [-0.15, -0.1) is 0 Å². The molecule has 0 spiro atoms. The van der Waals surface area contributed by atoms with Crippen LogP contribution in [0.5, 0.6) is 0 Å². The minimum atomic E-state index is -0.390. The Hall–Kier alpha value is -0.120. The second kappa shape index (κ2) is 6.46. The van der Waals surface area contributed by atoms with Crippen LogP contribution in [0.25, 0.3) is 0 Å². The first-order valence-electron chi connectivity index (χ1n) is 6.21. The van der Waals surface area contributed by atoms with Gasteiger partial charge >= 0.3 is 0 Å². The molecule has 0 aromatic rings. The Bertz CT molecular complexity index is 163. The quantitative estimate of drug-likeness (QED) is 0.637. The van der Waals surface area contributed by atoms with E-state index in [4.69, 9.17) is 15.6 Å². The lowest BCUT2D eigenvalue weighted by Gasteiger charge is -2.25. The van der Waals surface area contributed by atoms with Gasteiger partial charge in [-0.2, -0.15) is 0 Å². The predicted octanol–water partition coefficient (Wildman–Crippen LogP) is 1.83. The van der Waals surface area contributed by atoms with Crippen molar-refractivity contribution < 1.29 is 9.84 Å². The van der Waals surface area contributed by atoms with Gasteiger partial charge in [-0.05, 0) is 32.1 Å². The van der Waals surface area contributed by atoms with Gasteiger partial charge in [-0.1, -0.05) is 19.8 Å². The lowest BCUT2D eigenvalue weighted by Crippen LogP contribution is -2.43. The van der Waals surface area contributed by atoms with E-state index in [9.17, 15) is 0 Å². The summed E-state index contributed by atoms with van der Waals surface area (Å²) >= 11 is 0. The van der Waals surface area contributed by atoms with Gasteiger partial charge in [-0.25, -0.2) is 0 Å². The summed E-state index contributed by atoms with van der Waals surface area (Å²) in [7, 11) is 0. The maximum Gasteiger partial charge on any atom is 0.0611 e. The minimum Gasteiger partial charge on any atom is -0.394 e. The molecule has 1 fully saturated rings. The number of aliphatic hydroxyl groups is 1. The first-order chi connectivity index (χ1) is 7.20. The van der Waals surface area contributed by atoms with Crippen LogP contribution in [0, 0.1) is 0 Å². The SMILES string of the molecule is CCC(N)(CO)CCCOC1CCCC1. The molecule has 1 aliphatic carbocycles. The normalized spacial score (nSPS) is 21.8. The van der Waals surface area contributed by atoms with E-state index in [2.05, 4.69) is 0 Å². The summed E-state index contributed by atoms with van der Waals surface area (Å²) in [5.41, 5.74) is 5.60. The maximum absolute atomic E-state index is 9.13. The molecule has 1 unspecified atom stereocenters. The van der Waals surface area contributed by atoms with Gasteiger partial charge in [0.15, 0.2) is 0 Å². The number of rotatable bonds is 7. The van der Waals surface area contributed by atoms with E-state index in [0.29, 0.717) is 6.10 Å². The van der Waals surface area contributed by atoms with Gasteiger partial charge in [-0.3, -0.25) is 0 Å². The Labute approximate surface area is 93.0 Å². The molecular weight excluding hydrogens is 190 g/mol. The van der Waals surface area contributed by atoms with E-state index < -0.39 is 0 Å². The molecule has 3 heteroatoms. The lowest BCUT2D eigenvalue weighted by atomic mass is 9.93. The largest absolute Gasteiger partial charge is 0.394 e. The molecule has 0 aromatic carbocycles. The summed E-state index contributed by atoms with van der Waals surface area (Å²) in [5, 5.41) is 9.13. The van der Waals surface area contributed by atoms with Crippen LogP contribution < -0.4 is 5.73 Å². The molecule has 1 saturated carbocycles. The smallest absolute Gasteiger partial charge is 0.0611 e. The van der Waals surface area contributed by atoms with Gasteiger partial charge in [0.25, 0.3) is 0 Å². The molecule has 0 amide bonds. The van der Waals surface area contributed by atoms with Crippen molar-refractivity contribution in [3.05, 3.63) is 0 Å². The topological polar surface area (TPSA) is 55.5 Å². The van der Waals surface area contributed by atoms with Crippen molar-refractivity contribution in [3.63, 3.8) is 0 Å². The Morgan fingerprint density at radius 3 is 2.60 bits per heavy atom. The number of nitrogens with two attached hydrogens (primary N) is 1. The summed E-state index contributed by atoms with van der Waals surface area (Å²) in [4.78, 5) is 0. The fraction of sp³-hybridized carbons (Fsp3) is 1.00. The second-order valence-corrected chi connectivity index (χ2v) is 4.75. The highest BCUT2D eigenvalue weighted by molar-refractivity contribution is 4.81. The predicted molar refractivity (Wildman–Crippen MR) is 61.7 cm³/mol. The van der Waals surface area contributed by atoms with Crippen LogP contribution in [0.2, 0.25) is 0 Å². The third kappa shape index (κ3) is 4.49. The second-order valence-electron chi connectivity index (χ2n) is 4.75. The lowest BCUT2D eigenvalue weighted by molar-refractivity contribution is 0.0501. The van der Waals surface area contributed by atoms with Crippen LogP contribution in [-0.4, -0.2) is 30.0 Å². The minimum absolute atomic E-state index is 0.0763. The summed E-state index contributed by atoms with van der Waals surface area (Å²) < 4.78 is 5.75. The van der Waals surface area contributed by atoms with E-state index in [-0.39, 0.29) is 12.1 Å². The van der Waals surface area contributed by atoms with E-state index in [1.165, 1.54) is 25.7 Å². The summed E-state index contributed by atoms with van der Waals surface area (Å²) in [5.74, 6) is 0. The molecule has 1 rings (SSSR count). The monoisotopic (exact) mass is 215 g/mol. The highest BCUT2D eigenvalue weighted by Crippen LogP contribution is 2.21. The Balaban J connectivity index is 2.04. The number of hydrogen-bond donors (Lipinski definition) is 2. The van der Waals surface area contributed by atoms with Crippen LogP contribution in [0.4, 0.5) is 0 Å². The van der Waals surface area contributed by atoms with Crippen molar-refractivity contribution in [2.75, 3.05) is 13.2 Å². The van der Waals surface area contributed by atoms with Crippen LogP contribution >= 0.6 is 0 Å². The van der Waals surface area contributed by atoms with E-state index in [1.54, 1.807) is 0 Å². The van der Waals surface area contributed by atoms with Crippen LogP contribution in [0.15, 0.2) is 0 Å². The molecule has 0 aliphatic heterocycles. The van der Waals surface area contributed by atoms with Gasteiger partial charge in [0.2, 0.25) is 0 Å². The number of aliphatic hydroxyl groups excluding tert-OH is 1. The van der Waals surface area contributed by atoms with Crippen molar-refractivity contribution in [2.45, 2.75) is 63.5 Å². The fourth-order valence-corrected chi connectivity index (χ4v) is 2.10. The molecule has 0 bridgehead atoms. The molecule has 0 radical (unpaired) electrons. The fourth-order valence-electron chi connectivity index (χ4n) is 2.10. The Morgan fingerprint density at radius 1 is 1.40 bits per heavy atom. The number of ether oxygens (including phenoxy) is 1. The molecule has 0 aromatic heterocycles. The molecule has 0 saturated heterocycles. The Kier molecular flexibility index (Phi) is 5.58. The molecule has 0 heterocycles. The van der Waals surface area contributed by atoms with Crippen LogP contribution in [0.1, 0.15) is 51.9 Å². The van der Waals surface area contributed by atoms with Crippen molar-refractivity contribution in [3.8, 4) is 0 Å². The van der Waals surface area contributed by atoms with E-state index in [1.807, 2.05) is 6.92 Å². The summed E-state index contributed by atoms with van der Waals surface area (Å²) in [6, 6.07) is 0. The molecule has 3 nitrogen and oxygen atoms in total. The van der Waals surface area contributed by atoms with Crippen LogP contribution in [-0.2, 0) is 4.74 Å². The van der Waals surface area contributed by atoms with Crippen molar-refractivity contribution in [1.29, 1.82) is 0 Å². The molecular formula is C12H25NO2. The molecule has 1 atom stereocenters. The van der Waals surface area contributed by atoms with Crippen LogP contribution in [0.3, 0.4) is 0 Å². The standard InChI is InChI=1S/C12H25NO2/c1-2-12(13,10-14)8-5-9-15-11-6-3-4-7-11/h11,14H,2-10,13H2,1H3. The van der Waals surface area contributed by atoms with E-state index in [0.717, 1.165) is 25.9 Å².